The van der Waals surface area contributed by atoms with Gasteiger partial charge in [0, 0.05) is 13.1 Å². The molecule has 0 spiro atoms. The van der Waals surface area contributed by atoms with Gasteiger partial charge in [-0.3, -0.25) is 4.79 Å². The summed E-state index contributed by atoms with van der Waals surface area (Å²) >= 11 is 0. The summed E-state index contributed by atoms with van der Waals surface area (Å²) in [6.45, 7) is 9.10. The van der Waals surface area contributed by atoms with Crippen LogP contribution >= 0.6 is 0 Å². The Hall–Kier alpha value is -2.14. The molecule has 23 heavy (non-hydrogen) atoms. The molecule has 5 nitrogen and oxygen atoms in total. The molecule has 1 aromatic carbocycles. The van der Waals surface area contributed by atoms with E-state index in [1.807, 2.05) is 67.6 Å². The van der Waals surface area contributed by atoms with Gasteiger partial charge in [-0.05, 0) is 39.8 Å². The van der Waals surface area contributed by atoms with E-state index in [2.05, 4.69) is 5.10 Å². The summed E-state index contributed by atoms with van der Waals surface area (Å²) in [6.07, 6.45) is 0.125. The third-order valence-electron chi connectivity index (χ3n) is 4.21. The van der Waals surface area contributed by atoms with Gasteiger partial charge in [-0.25, -0.2) is 4.68 Å². The van der Waals surface area contributed by atoms with Gasteiger partial charge in [0.25, 0.3) is 5.91 Å². The van der Waals surface area contributed by atoms with Gasteiger partial charge in [0.2, 0.25) is 0 Å². The van der Waals surface area contributed by atoms with E-state index >= 15 is 0 Å². The Kier molecular flexibility index (Phi) is 4.22. The maximum Gasteiger partial charge on any atom is 0.257 e. The summed E-state index contributed by atoms with van der Waals surface area (Å²) in [5.74, 6) is 0.0455. The van der Waals surface area contributed by atoms with Crippen LogP contribution in [0.4, 0.5) is 0 Å². The molecule has 1 fully saturated rings. The summed E-state index contributed by atoms with van der Waals surface area (Å²) in [4.78, 5) is 14.9. The summed E-state index contributed by atoms with van der Waals surface area (Å²) in [5, 5.41) is 4.57. The summed E-state index contributed by atoms with van der Waals surface area (Å²) in [5.41, 5.74) is 3.32. The summed E-state index contributed by atoms with van der Waals surface area (Å²) in [7, 11) is 0. The van der Waals surface area contributed by atoms with Crippen LogP contribution in [0.5, 0.6) is 0 Å². The van der Waals surface area contributed by atoms with Gasteiger partial charge < -0.3 is 9.64 Å². The third-order valence-corrected chi connectivity index (χ3v) is 4.21. The second-order valence-electron chi connectivity index (χ2n) is 6.26. The Morgan fingerprint density at radius 2 is 1.74 bits per heavy atom. The van der Waals surface area contributed by atoms with Crippen LogP contribution in [-0.2, 0) is 4.74 Å². The largest absolute Gasteiger partial charge is 0.372 e. The van der Waals surface area contributed by atoms with Gasteiger partial charge in [0.1, 0.15) is 0 Å². The van der Waals surface area contributed by atoms with Crippen molar-refractivity contribution in [1.29, 1.82) is 0 Å². The predicted molar refractivity (Wildman–Crippen MR) is 89.0 cm³/mol. The number of carbonyl (C=O) groups is 1. The lowest BCUT2D eigenvalue weighted by Crippen LogP contribution is -2.48. The van der Waals surface area contributed by atoms with E-state index in [1.54, 1.807) is 0 Å². The number of hydrogen-bond donors (Lipinski definition) is 0. The summed E-state index contributed by atoms with van der Waals surface area (Å²) in [6, 6.07) is 9.90. The zero-order valence-electron chi connectivity index (χ0n) is 14.1. The highest BCUT2D eigenvalue weighted by molar-refractivity contribution is 5.96. The van der Waals surface area contributed by atoms with Gasteiger partial charge in [0.05, 0.1) is 34.8 Å². The van der Waals surface area contributed by atoms with Crippen molar-refractivity contribution in [2.24, 2.45) is 0 Å². The molecule has 2 unspecified atom stereocenters. The fourth-order valence-corrected chi connectivity index (χ4v) is 3.27. The third kappa shape index (κ3) is 3.01. The average molecular weight is 313 g/mol. The van der Waals surface area contributed by atoms with Crippen molar-refractivity contribution in [2.75, 3.05) is 13.1 Å². The molecule has 0 aliphatic carbocycles. The number of rotatable bonds is 2. The number of ether oxygens (including phenoxy) is 1. The van der Waals surface area contributed by atoms with E-state index in [0.717, 1.165) is 17.1 Å². The van der Waals surface area contributed by atoms with Crippen LogP contribution in [0, 0.1) is 13.8 Å². The number of para-hydroxylation sites is 1. The van der Waals surface area contributed by atoms with E-state index in [1.165, 1.54) is 0 Å². The molecular weight excluding hydrogens is 290 g/mol. The molecule has 2 heterocycles. The van der Waals surface area contributed by atoms with Crippen LogP contribution in [0.25, 0.3) is 5.69 Å². The Balaban J connectivity index is 1.94. The number of carbonyl (C=O) groups excluding carboxylic acids is 1. The quantitative estimate of drug-likeness (QED) is 0.856. The SMILES string of the molecule is Cc1nn(-c2ccccc2)c(C)c1C(=O)N1CC(C)OC(C)C1. The molecule has 0 N–H and O–H groups in total. The number of hydrogen-bond acceptors (Lipinski definition) is 3. The van der Waals surface area contributed by atoms with E-state index in [9.17, 15) is 4.79 Å². The van der Waals surface area contributed by atoms with Crippen molar-refractivity contribution in [1.82, 2.24) is 14.7 Å². The van der Waals surface area contributed by atoms with Gasteiger partial charge in [-0.1, -0.05) is 18.2 Å². The molecule has 1 aliphatic rings. The minimum absolute atomic E-state index is 0.0455. The van der Waals surface area contributed by atoms with E-state index in [-0.39, 0.29) is 18.1 Å². The predicted octanol–water partition coefficient (Wildman–Crippen LogP) is 2.74. The van der Waals surface area contributed by atoms with Gasteiger partial charge >= 0.3 is 0 Å². The molecule has 1 aromatic heterocycles. The van der Waals surface area contributed by atoms with Gasteiger partial charge in [-0.2, -0.15) is 5.10 Å². The molecule has 2 atom stereocenters. The number of benzene rings is 1. The molecule has 2 aromatic rings. The number of amides is 1. The first-order valence-electron chi connectivity index (χ1n) is 8.03. The molecule has 1 aliphatic heterocycles. The van der Waals surface area contributed by atoms with Crippen molar-refractivity contribution in [3.63, 3.8) is 0 Å². The highest BCUT2D eigenvalue weighted by Gasteiger charge is 2.30. The smallest absolute Gasteiger partial charge is 0.257 e. The Bertz CT molecular complexity index is 699. The molecule has 0 bridgehead atoms. The van der Waals surface area contributed by atoms with Crippen LogP contribution in [0.3, 0.4) is 0 Å². The van der Waals surface area contributed by atoms with Gasteiger partial charge in [-0.15, -0.1) is 0 Å². The Labute approximate surface area is 136 Å². The molecule has 122 valence electrons. The molecule has 0 saturated carbocycles. The normalized spacial score (nSPS) is 21.5. The Morgan fingerprint density at radius 1 is 1.13 bits per heavy atom. The molecule has 5 heteroatoms. The highest BCUT2D eigenvalue weighted by Crippen LogP contribution is 2.21. The van der Waals surface area contributed by atoms with Crippen molar-refractivity contribution in [3.8, 4) is 5.69 Å². The topological polar surface area (TPSA) is 47.4 Å². The first kappa shape index (κ1) is 15.7. The lowest BCUT2D eigenvalue weighted by Gasteiger charge is -2.35. The van der Waals surface area contributed by atoms with Crippen LogP contribution in [0.15, 0.2) is 30.3 Å². The fraction of sp³-hybridized carbons (Fsp3) is 0.444. The standard InChI is InChI=1S/C18H23N3O2/c1-12-10-20(11-13(2)23-12)18(22)17-14(3)19-21(15(17)4)16-8-6-5-7-9-16/h5-9,12-13H,10-11H2,1-4H3. The monoisotopic (exact) mass is 313 g/mol. The summed E-state index contributed by atoms with van der Waals surface area (Å²) < 4.78 is 7.57. The second-order valence-corrected chi connectivity index (χ2v) is 6.26. The van der Waals surface area contributed by atoms with E-state index in [4.69, 9.17) is 4.74 Å². The minimum Gasteiger partial charge on any atom is -0.372 e. The highest BCUT2D eigenvalue weighted by atomic mass is 16.5. The number of nitrogens with zero attached hydrogens (tertiary/aromatic N) is 3. The van der Waals surface area contributed by atoms with Crippen molar-refractivity contribution >= 4 is 5.91 Å². The molecule has 0 radical (unpaired) electrons. The van der Waals surface area contributed by atoms with Crippen molar-refractivity contribution in [3.05, 3.63) is 47.3 Å². The van der Waals surface area contributed by atoms with Crippen LogP contribution in [0.2, 0.25) is 0 Å². The fourth-order valence-electron chi connectivity index (χ4n) is 3.27. The number of aryl methyl sites for hydroxylation is 1. The minimum atomic E-state index is 0.0455. The van der Waals surface area contributed by atoms with E-state index in [0.29, 0.717) is 18.7 Å². The van der Waals surface area contributed by atoms with Crippen LogP contribution < -0.4 is 0 Å². The molecular formula is C18H23N3O2. The lowest BCUT2D eigenvalue weighted by molar-refractivity contribution is -0.0586. The van der Waals surface area contributed by atoms with Crippen LogP contribution in [-0.4, -0.2) is 45.9 Å². The maximum absolute atomic E-state index is 13.0. The first-order valence-corrected chi connectivity index (χ1v) is 8.03. The second kappa shape index (κ2) is 6.16. The maximum atomic E-state index is 13.0. The van der Waals surface area contributed by atoms with Crippen molar-refractivity contribution in [2.45, 2.75) is 39.9 Å². The molecule has 1 amide bonds. The lowest BCUT2D eigenvalue weighted by atomic mass is 10.1. The van der Waals surface area contributed by atoms with Crippen LogP contribution in [0.1, 0.15) is 35.6 Å². The average Bonchev–Trinajstić information content (AvgIpc) is 2.81. The van der Waals surface area contributed by atoms with Crippen molar-refractivity contribution < 1.29 is 9.53 Å². The Morgan fingerprint density at radius 3 is 2.35 bits per heavy atom. The molecule has 1 saturated heterocycles. The first-order chi connectivity index (χ1) is 11.0. The zero-order chi connectivity index (χ0) is 16.6. The number of morpholine rings is 1. The van der Waals surface area contributed by atoms with E-state index < -0.39 is 0 Å². The molecule has 3 rings (SSSR count). The zero-order valence-corrected chi connectivity index (χ0v) is 14.1. The van der Waals surface area contributed by atoms with Gasteiger partial charge in [0.15, 0.2) is 0 Å². The number of aromatic nitrogens is 2.